The van der Waals surface area contributed by atoms with Gasteiger partial charge in [-0.2, -0.15) is 0 Å². The Labute approximate surface area is 129 Å². The summed E-state index contributed by atoms with van der Waals surface area (Å²) in [4.78, 5) is 24.4. The predicted octanol–water partition coefficient (Wildman–Crippen LogP) is 1.03. The molecule has 0 saturated carbocycles. The second kappa shape index (κ2) is 7.53. The number of cyclic esters (lactones) is 1. The Hall–Kier alpha value is -2.44. The van der Waals surface area contributed by atoms with E-state index in [0.717, 1.165) is 0 Å². The molecule has 1 fully saturated rings. The highest BCUT2D eigenvalue weighted by Gasteiger charge is 2.27. The predicted molar refractivity (Wildman–Crippen MR) is 79.0 cm³/mol. The number of nitrogens with zero attached hydrogens (tertiary/aromatic N) is 1. The highest BCUT2D eigenvalue weighted by atomic mass is 16.6. The van der Waals surface area contributed by atoms with Gasteiger partial charge in [-0.3, -0.25) is 4.79 Å². The number of benzene rings is 1. The van der Waals surface area contributed by atoms with E-state index in [0.29, 0.717) is 31.0 Å². The SMILES string of the molecule is COc1ccccc1OCC(=O)NCCC1CN(C)C(=O)O1. The summed E-state index contributed by atoms with van der Waals surface area (Å²) < 4.78 is 15.7. The first-order chi connectivity index (χ1) is 10.6. The van der Waals surface area contributed by atoms with Gasteiger partial charge in [0, 0.05) is 20.0 Å². The molecular weight excluding hydrogens is 288 g/mol. The number of amides is 2. The van der Waals surface area contributed by atoms with Crippen LogP contribution in [0.15, 0.2) is 24.3 Å². The molecule has 1 saturated heterocycles. The average molecular weight is 308 g/mol. The molecule has 0 radical (unpaired) electrons. The van der Waals surface area contributed by atoms with Gasteiger partial charge in [0.1, 0.15) is 6.10 Å². The number of carbonyl (C=O) groups is 2. The van der Waals surface area contributed by atoms with Gasteiger partial charge >= 0.3 is 6.09 Å². The third-order valence-electron chi connectivity index (χ3n) is 3.27. The van der Waals surface area contributed by atoms with E-state index in [-0.39, 0.29) is 24.7 Å². The fourth-order valence-corrected chi connectivity index (χ4v) is 2.10. The molecular formula is C15H20N2O5. The van der Waals surface area contributed by atoms with Crippen LogP contribution in [-0.4, -0.2) is 56.9 Å². The molecule has 0 spiro atoms. The van der Waals surface area contributed by atoms with Crippen LogP contribution in [0.1, 0.15) is 6.42 Å². The number of methoxy groups -OCH3 is 1. The Balaban J connectivity index is 1.67. The molecule has 0 aromatic heterocycles. The maximum absolute atomic E-state index is 11.7. The van der Waals surface area contributed by atoms with Gasteiger partial charge in [0.05, 0.1) is 13.7 Å². The quantitative estimate of drug-likeness (QED) is 0.814. The lowest BCUT2D eigenvalue weighted by atomic mass is 10.2. The zero-order chi connectivity index (χ0) is 15.9. The van der Waals surface area contributed by atoms with E-state index >= 15 is 0 Å². The second-order valence-corrected chi connectivity index (χ2v) is 4.96. The summed E-state index contributed by atoms with van der Waals surface area (Å²) in [5.41, 5.74) is 0. The minimum Gasteiger partial charge on any atom is -0.493 e. The van der Waals surface area contributed by atoms with Crippen molar-refractivity contribution in [1.29, 1.82) is 0 Å². The molecule has 1 aromatic carbocycles. The highest BCUT2D eigenvalue weighted by Crippen LogP contribution is 2.25. The molecule has 2 rings (SSSR count). The van der Waals surface area contributed by atoms with E-state index in [1.54, 1.807) is 32.4 Å². The first kappa shape index (κ1) is 15.9. The Morgan fingerprint density at radius 1 is 1.41 bits per heavy atom. The molecule has 1 aliphatic heterocycles. The van der Waals surface area contributed by atoms with E-state index in [4.69, 9.17) is 14.2 Å². The molecule has 1 heterocycles. The molecule has 1 aromatic rings. The Morgan fingerprint density at radius 2 is 2.14 bits per heavy atom. The lowest BCUT2D eigenvalue weighted by molar-refractivity contribution is -0.123. The first-order valence-corrected chi connectivity index (χ1v) is 7.04. The largest absolute Gasteiger partial charge is 0.493 e. The Bertz CT molecular complexity index is 534. The van der Waals surface area contributed by atoms with Gasteiger partial charge < -0.3 is 24.4 Å². The fourth-order valence-electron chi connectivity index (χ4n) is 2.10. The van der Waals surface area contributed by atoms with Crippen molar-refractivity contribution in [2.24, 2.45) is 0 Å². The minimum atomic E-state index is -0.323. The first-order valence-electron chi connectivity index (χ1n) is 7.04. The molecule has 1 aliphatic rings. The molecule has 22 heavy (non-hydrogen) atoms. The number of rotatable bonds is 7. The number of ether oxygens (including phenoxy) is 3. The summed E-state index contributed by atoms with van der Waals surface area (Å²) in [7, 11) is 3.23. The third-order valence-corrected chi connectivity index (χ3v) is 3.27. The van der Waals surface area contributed by atoms with Crippen molar-refractivity contribution in [3.8, 4) is 11.5 Å². The van der Waals surface area contributed by atoms with Crippen LogP contribution in [0.2, 0.25) is 0 Å². The van der Waals surface area contributed by atoms with E-state index < -0.39 is 0 Å². The van der Waals surface area contributed by atoms with E-state index in [1.807, 2.05) is 6.07 Å². The van der Waals surface area contributed by atoms with E-state index in [1.165, 1.54) is 4.90 Å². The van der Waals surface area contributed by atoms with Gasteiger partial charge in [-0.05, 0) is 12.1 Å². The summed E-state index contributed by atoms with van der Waals surface area (Å²) >= 11 is 0. The van der Waals surface area contributed by atoms with Crippen LogP contribution in [0.25, 0.3) is 0 Å². The van der Waals surface area contributed by atoms with Crippen LogP contribution >= 0.6 is 0 Å². The van der Waals surface area contributed by atoms with Crippen LogP contribution in [0.5, 0.6) is 11.5 Å². The summed E-state index contributed by atoms with van der Waals surface area (Å²) in [5.74, 6) is 0.867. The lowest BCUT2D eigenvalue weighted by Crippen LogP contribution is -2.32. The van der Waals surface area contributed by atoms with Crippen molar-refractivity contribution in [3.05, 3.63) is 24.3 Å². The molecule has 1 N–H and O–H groups in total. The number of para-hydroxylation sites is 2. The minimum absolute atomic E-state index is 0.0925. The molecule has 1 atom stereocenters. The third kappa shape index (κ3) is 4.28. The van der Waals surface area contributed by atoms with Gasteiger partial charge in [-0.25, -0.2) is 4.79 Å². The Morgan fingerprint density at radius 3 is 2.77 bits per heavy atom. The number of hydrogen-bond donors (Lipinski definition) is 1. The molecule has 7 heteroatoms. The second-order valence-electron chi connectivity index (χ2n) is 4.96. The van der Waals surface area contributed by atoms with Crippen LogP contribution < -0.4 is 14.8 Å². The number of hydrogen-bond acceptors (Lipinski definition) is 5. The van der Waals surface area contributed by atoms with E-state index in [9.17, 15) is 9.59 Å². The van der Waals surface area contributed by atoms with Gasteiger partial charge in [0.25, 0.3) is 5.91 Å². The summed E-state index contributed by atoms with van der Waals surface area (Å²) in [6.45, 7) is 0.886. The van der Waals surface area contributed by atoms with Crippen molar-refractivity contribution in [2.45, 2.75) is 12.5 Å². The van der Waals surface area contributed by atoms with Gasteiger partial charge in [0.2, 0.25) is 0 Å². The van der Waals surface area contributed by atoms with Gasteiger partial charge in [-0.1, -0.05) is 12.1 Å². The lowest BCUT2D eigenvalue weighted by Gasteiger charge is -2.11. The zero-order valence-corrected chi connectivity index (χ0v) is 12.7. The summed E-state index contributed by atoms with van der Waals surface area (Å²) in [6, 6.07) is 7.13. The van der Waals surface area contributed by atoms with E-state index in [2.05, 4.69) is 5.32 Å². The summed E-state index contributed by atoms with van der Waals surface area (Å²) in [6.07, 6.45) is 0.0833. The Kier molecular flexibility index (Phi) is 5.46. The van der Waals surface area contributed by atoms with Crippen molar-refractivity contribution < 1.29 is 23.8 Å². The van der Waals surface area contributed by atoms with Crippen LogP contribution in [0.3, 0.4) is 0 Å². The normalized spacial score (nSPS) is 17.1. The van der Waals surface area contributed by atoms with Crippen molar-refractivity contribution in [3.63, 3.8) is 0 Å². The molecule has 0 bridgehead atoms. The highest BCUT2D eigenvalue weighted by molar-refractivity contribution is 5.77. The standard InChI is InChI=1S/C15H20N2O5/c1-17-9-11(22-15(17)19)7-8-16-14(18)10-21-13-6-4-3-5-12(13)20-2/h3-6,11H,7-10H2,1-2H3,(H,16,18). The van der Waals surface area contributed by atoms with Gasteiger partial charge in [0.15, 0.2) is 18.1 Å². The number of carbonyl (C=O) groups excluding carboxylic acids is 2. The topological polar surface area (TPSA) is 77.1 Å². The van der Waals surface area contributed by atoms with Crippen LogP contribution in [0, 0.1) is 0 Å². The number of nitrogens with one attached hydrogen (secondary N) is 1. The molecule has 120 valence electrons. The van der Waals surface area contributed by atoms with Crippen LogP contribution in [-0.2, 0) is 9.53 Å². The smallest absolute Gasteiger partial charge is 0.409 e. The van der Waals surface area contributed by atoms with Gasteiger partial charge in [-0.15, -0.1) is 0 Å². The molecule has 7 nitrogen and oxygen atoms in total. The summed E-state index contributed by atoms with van der Waals surface area (Å²) in [5, 5.41) is 2.73. The molecule has 1 unspecified atom stereocenters. The van der Waals surface area contributed by atoms with Crippen molar-refractivity contribution >= 4 is 12.0 Å². The van der Waals surface area contributed by atoms with Crippen molar-refractivity contribution in [2.75, 3.05) is 33.9 Å². The monoisotopic (exact) mass is 308 g/mol. The zero-order valence-electron chi connectivity index (χ0n) is 12.7. The molecule has 0 aliphatic carbocycles. The number of likely N-dealkylation sites (N-methyl/N-ethyl adjacent to an activating group) is 1. The fraction of sp³-hybridized carbons (Fsp3) is 0.467. The maximum Gasteiger partial charge on any atom is 0.409 e. The average Bonchev–Trinajstić information content (AvgIpc) is 2.84. The maximum atomic E-state index is 11.7. The van der Waals surface area contributed by atoms with Crippen LogP contribution in [0.4, 0.5) is 4.79 Å². The molecule has 2 amide bonds. The van der Waals surface area contributed by atoms with Crippen molar-refractivity contribution in [1.82, 2.24) is 10.2 Å².